The molecule has 0 atom stereocenters. The van der Waals surface area contributed by atoms with Gasteiger partial charge in [-0.25, -0.2) is 9.97 Å². The van der Waals surface area contributed by atoms with E-state index < -0.39 is 0 Å². The van der Waals surface area contributed by atoms with Crippen LogP contribution in [-0.2, 0) is 6.61 Å². The molecule has 4 heteroatoms. The van der Waals surface area contributed by atoms with Crippen LogP contribution in [0.25, 0.3) is 0 Å². The summed E-state index contributed by atoms with van der Waals surface area (Å²) in [5, 5.41) is 8.91. The summed E-state index contributed by atoms with van der Waals surface area (Å²) in [6.45, 7) is 6.66. The summed E-state index contributed by atoms with van der Waals surface area (Å²) in [6, 6.07) is 0. The van der Waals surface area contributed by atoms with E-state index in [0.717, 1.165) is 24.6 Å². The lowest BCUT2D eigenvalue weighted by Crippen LogP contribution is -2.38. The van der Waals surface area contributed by atoms with Gasteiger partial charge in [-0.2, -0.15) is 0 Å². The second-order valence-corrected chi connectivity index (χ2v) is 5.20. The van der Waals surface area contributed by atoms with E-state index in [-0.39, 0.29) is 6.61 Å². The topological polar surface area (TPSA) is 49.2 Å². The summed E-state index contributed by atoms with van der Waals surface area (Å²) in [5.41, 5.74) is 1.21. The Balaban J connectivity index is 2.03. The van der Waals surface area contributed by atoms with Gasteiger partial charge in [0.25, 0.3) is 0 Å². The van der Waals surface area contributed by atoms with Gasteiger partial charge in [-0.3, -0.25) is 0 Å². The van der Waals surface area contributed by atoms with E-state index in [2.05, 4.69) is 28.7 Å². The second-order valence-electron chi connectivity index (χ2n) is 5.20. The zero-order valence-electron chi connectivity index (χ0n) is 9.98. The summed E-state index contributed by atoms with van der Waals surface area (Å²) in [4.78, 5) is 10.8. The summed E-state index contributed by atoms with van der Waals surface area (Å²) < 4.78 is 0. The van der Waals surface area contributed by atoms with Gasteiger partial charge in [-0.15, -0.1) is 0 Å². The quantitative estimate of drug-likeness (QED) is 0.824. The van der Waals surface area contributed by atoms with Gasteiger partial charge in [0.1, 0.15) is 0 Å². The van der Waals surface area contributed by atoms with Crippen LogP contribution in [0, 0.1) is 5.41 Å². The first kappa shape index (κ1) is 11.3. The molecule has 0 radical (unpaired) electrons. The standard InChI is InChI=1S/C12H19N3O/c1-12(2)3-5-15(6-4-12)11-13-7-10(9-16)8-14-11/h7-8,16H,3-6,9H2,1-2H3. The smallest absolute Gasteiger partial charge is 0.225 e. The fraction of sp³-hybridized carbons (Fsp3) is 0.667. The molecule has 16 heavy (non-hydrogen) atoms. The van der Waals surface area contributed by atoms with Crippen LogP contribution in [0.1, 0.15) is 32.3 Å². The van der Waals surface area contributed by atoms with E-state index in [9.17, 15) is 0 Å². The van der Waals surface area contributed by atoms with Crippen molar-refractivity contribution >= 4 is 5.95 Å². The number of aliphatic hydroxyl groups excluding tert-OH is 1. The van der Waals surface area contributed by atoms with Crippen LogP contribution in [0.5, 0.6) is 0 Å². The number of nitrogens with zero attached hydrogens (tertiary/aromatic N) is 3. The van der Waals surface area contributed by atoms with Crippen molar-refractivity contribution < 1.29 is 5.11 Å². The van der Waals surface area contributed by atoms with Gasteiger partial charge in [0.15, 0.2) is 0 Å². The third-order valence-electron chi connectivity index (χ3n) is 3.27. The van der Waals surface area contributed by atoms with Gasteiger partial charge >= 0.3 is 0 Å². The van der Waals surface area contributed by atoms with Crippen LogP contribution in [0.3, 0.4) is 0 Å². The van der Waals surface area contributed by atoms with E-state index in [1.165, 1.54) is 12.8 Å². The molecule has 1 aromatic heterocycles. The lowest BCUT2D eigenvalue weighted by atomic mass is 9.83. The monoisotopic (exact) mass is 221 g/mol. The zero-order valence-corrected chi connectivity index (χ0v) is 9.98. The maximum Gasteiger partial charge on any atom is 0.225 e. The predicted molar refractivity (Wildman–Crippen MR) is 63.2 cm³/mol. The van der Waals surface area contributed by atoms with Crippen LogP contribution in [0.2, 0.25) is 0 Å². The number of hydrogen-bond acceptors (Lipinski definition) is 4. The average molecular weight is 221 g/mol. The van der Waals surface area contributed by atoms with Crippen molar-refractivity contribution in [2.45, 2.75) is 33.3 Å². The van der Waals surface area contributed by atoms with Crippen molar-refractivity contribution in [3.8, 4) is 0 Å². The minimum atomic E-state index is 0.00725. The van der Waals surface area contributed by atoms with Crippen LogP contribution in [0.15, 0.2) is 12.4 Å². The Labute approximate surface area is 96.3 Å². The van der Waals surface area contributed by atoms with Crippen molar-refractivity contribution in [2.24, 2.45) is 5.41 Å². The molecule has 2 rings (SSSR count). The lowest BCUT2D eigenvalue weighted by Gasteiger charge is -2.36. The molecule has 0 spiro atoms. The molecule has 4 nitrogen and oxygen atoms in total. The molecular weight excluding hydrogens is 202 g/mol. The van der Waals surface area contributed by atoms with Gasteiger partial charge < -0.3 is 10.0 Å². The fourth-order valence-corrected chi connectivity index (χ4v) is 1.90. The minimum Gasteiger partial charge on any atom is -0.392 e. The Hall–Kier alpha value is -1.16. The largest absolute Gasteiger partial charge is 0.392 e. The Morgan fingerprint density at radius 3 is 2.31 bits per heavy atom. The van der Waals surface area contributed by atoms with E-state index in [0.29, 0.717) is 5.41 Å². The van der Waals surface area contributed by atoms with E-state index in [1.807, 2.05) is 0 Å². The molecule has 1 saturated heterocycles. The molecule has 0 saturated carbocycles. The average Bonchev–Trinajstić information content (AvgIpc) is 2.29. The predicted octanol–water partition coefficient (Wildman–Crippen LogP) is 1.60. The molecule has 1 fully saturated rings. The summed E-state index contributed by atoms with van der Waals surface area (Å²) in [7, 11) is 0. The first-order valence-electron chi connectivity index (χ1n) is 5.77. The zero-order chi connectivity index (χ0) is 11.6. The molecule has 1 aromatic rings. The molecule has 0 aromatic carbocycles. The molecule has 1 N–H and O–H groups in total. The third kappa shape index (κ3) is 2.50. The summed E-state index contributed by atoms with van der Waals surface area (Å²) in [5.74, 6) is 0.785. The molecule has 2 heterocycles. The highest BCUT2D eigenvalue weighted by molar-refractivity contribution is 5.30. The number of aliphatic hydroxyl groups is 1. The van der Waals surface area contributed by atoms with Crippen LogP contribution in [-0.4, -0.2) is 28.2 Å². The summed E-state index contributed by atoms with van der Waals surface area (Å²) >= 11 is 0. The Kier molecular flexibility index (Phi) is 3.10. The number of anilines is 1. The molecule has 1 aliphatic heterocycles. The molecule has 0 bridgehead atoms. The minimum absolute atomic E-state index is 0.00725. The number of rotatable bonds is 2. The van der Waals surface area contributed by atoms with Gasteiger partial charge in [0.2, 0.25) is 5.95 Å². The molecule has 0 amide bonds. The maximum absolute atomic E-state index is 8.91. The Bertz CT molecular complexity index is 338. The first-order chi connectivity index (χ1) is 7.61. The van der Waals surface area contributed by atoms with Crippen molar-refractivity contribution in [3.63, 3.8) is 0 Å². The number of aromatic nitrogens is 2. The maximum atomic E-state index is 8.91. The number of hydrogen-bond donors (Lipinski definition) is 1. The van der Waals surface area contributed by atoms with Crippen LogP contribution >= 0.6 is 0 Å². The van der Waals surface area contributed by atoms with E-state index in [4.69, 9.17) is 5.11 Å². The van der Waals surface area contributed by atoms with Crippen LogP contribution in [0.4, 0.5) is 5.95 Å². The molecule has 0 aliphatic carbocycles. The number of piperidine rings is 1. The molecule has 0 unspecified atom stereocenters. The highest BCUT2D eigenvalue weighted by Gasteiger charge is 2.26. The fourth-order valence-electron chi connectivity index (χ4n) is 1.90. The Morgan fingerprint density at radius 1 is 1.25 bits per heavy atom. The lowest BCUT2D eigenvalue weighted by molar-refractivity contribution is 0.277. The Morgan fingerprint density at radius 2 is 1.81 bits per heavy atom. The van der Waals surface area contributed by atoms with E-state index >= 15 is 0 Å². The summed E-state index contributed by atoms with van der Waals surface area (Å²) in [6.07, 6.45) is 5.75. The van der Waals surface area contributed by atoms with Gasteiger partial charge in [0, 0.05) is 31.0 Å². The SMILES string of the molecule is CC1(C)CCN(c2ncc(CO)cn2)CC1. The van der Waals surface area contributed by atoms with Crippen molar-refractivity contribution in [3.05, 3.63) is 18.0 Å². The van der Waals surface area contributed by atoms with Crippen molar-refractivity contribution in [1.82, 2.24) is 9.97 Å². The van der Waals surface area contributed by atoms with Crippen LogP contribution < -0.4 is 4.90 Å². The highest BCUT2D eigenvalue weighted by atomic mass is 16.3. The highest BCUT2D eigenvalue weighted by Crippen LogP contribution is 2.30. The van der Waals surface area contributed by atoms with E-state index in [1.54, 1.807) is 12.4 Å². The molecular formula is C12H19N3O. The third-order valence-corrected chi connectivity index (χ3v) is 3.27. The first-order valence-corrected chi connectivity index (χ1v) is 5.77. The second kappa shape index (κ2) is 4.37. The van der Waals surface area contributed by atoms with Gasteiger partial charge in [-0.1, -0.05) is 13.8 Å². The van der Waals surface area contributed by atoms with Gasteiger partial charge in [-0.05, 0) is 18.3 Å². The molecule has 1 aliphatic rings. The van der Waals surface area contributed by atoms with Gasteiger partial charge in [0.05, 0.1) is 6.61 Å². The van der Waals surface area contributed by atoms with Crippen molar-refractivity contribution in [2.75, 3.05) is 18.0 Å². The normalized spacial score (nSPS) is 19.8. The van der Waals surface area contributed by atoms with Crippen molar-refractivity contribution in [1.29, 1.82) is 0 Å². The molecule has 88 valence electrons.